The first kappa shape index (κ1) is 20.4. The number of pyridine rings is 1. The summed E-state index contributed by atoms with van der Waals surface area (Å²) in [6.07, 6.45) is 10.1. The van der Waals surface area contributed by atoms with Crippen LogP contribution in [0.15, 0.2) is 18.3 Å². The molecule has 1 amide bonds. The van der Waals surface area contributed by atoms with Crippen molar-refractivity contribution in [2.75, 3.05) is 36.4 Å². The van der Waals surface area contributed by atoms with Gasteiger partial charge in [-0.3, -0.25) is 10.2 Å². The van der Waals surface area contributed by atoms with E-state index in [1.165, 1.54) is 32.1 Å². The third-order valence-corrected chi connectivity index (χ3v) is 6.77. The van der Waals surface area contributed by atoms with Gasteiger partial charge in [0, 0.05) is 62.3 Å². The normalized spacial score (nSPS) is 27.2. The Bertz CT molecular complexity index is 676. The molecule has 0 aromatic carbocycles. The van der Waals surface area contributed by atoms with Crippen LogP contribution >= 0.6 is 0 Å². The third kappa shape index (κ3) is 5.01. The highest BCUT2D eigenvalue weighted by Gasteiger charge is 2.29. The number of carbonyl (C=O) groups is 1. The standard InChI is InChI=1S/C22H35N5O2/c1-17-6-5-7-18(2)27(17)29-22(28)24-19-10-11-23-21(16-19)26-14-12-25(13-15-26)20-8-3-4-9-20/h10-11,16-18,20H,3-9,12-15H2,1-2H3,(H,23,24,28). The van der Waals surface area contributed by atoms with Crippen LogP contribution in [0, 0.1) is 0 Å². The fourth-order valence-corrected chi connectivity index (χ4v) is 5.07. The Morgan fingerprint density at radius 1 is 1.03 bits per heavy atom. The Balaban J connectivity index is 1.31. The Hall–Kier alpha value is -1.86. The smallest absolute Gasteiger partial charge is 0.354 e. The first-order chi connectivity index (χ1) is 14.1. The molecule has 7 nitrogen and oxygen atoms in total. The van der Waals surface area contributed by atoms with Crippen LogP contribution in [0.2, 0.25) is 0 Å². The van der Waals surface area contributed by atoms with Crippen molar-refractivity contribution in [3.63, 3.8) is 0 Å². The zero-order valence-electron chi connectivity index (χ0n) is 17.8. The average molecular weight is 402 g/mol. The molecule has 2 unspecified atom stereocenters. The quantitative estimate of drug-likeness (QED) is 0.826. The summed E-state index contributed by atoms with van der Waals surface area (Å²) in [7, 11) is 0. The van der Waals surface area contributed by atoms with Crippen LogP contribution in [0.25, 0.3) is 0 Å². The lowest BCUT2D eigenvalue weighted by molar-refractivity contribution is -0.164. The van der Waals surface area contributed by atoms with Crippen molar-refractivity contribution in [2.45, 2.75) is 76.9 Å². The molecule has 1 saturated carbocycles. The van der Waals surface area contributed by atoms with Crippen LogP contribution in [0.4, 0.5) is 16.3 Å². The number of piperidine rings is 1. The SMILES string of the molecule is CC1CCCC(C)N1OC(=O)Nc1ccnc(N2CCN(C3CCCC3)CC2)c1. The van der Waals surface area contributed by atoms with Crippen molar-refractivity contribution in [3.8, 4) is 0 Å². The fourth-order valence-electron chi connectivity index (χ4n) is 5.07. The summed E-state index contributed by atoms with van der Waals surface area (Å²) in [5, 5.41) is 4.72. The summed E-state index contributed by atoms with van der Waals surface area (Å²) in [4.78, 5) is 27.5. The van der Waals surface area contributed by atoms with E-state index in [2.05, 4.69) is 33.9 Å². The topological polar surface area (TPSA) is 60.9 Å². The molecule has 4 rings (SSSR count). The molecule has 2 aliphatic heterocycles. The van der Waals surface area contributed by atoms with Crippen molar-refractivity contribution in [3.05, 3.63) is 18.3 Å². The van der Waals surface area contributed by atoms with Gasteiger partial charge in [0.05, 0.1) is 0 Å². The molecule has 2 atom stereocenters. The molecule has 2 saturated heterocycles. The van der Waals surface area contributed by atoms with Crippen LogP contribution < -0.4 is 10.2 Å². The number of piperazine rings is 1. The molecular weight excluding hydrogens is 366 g/mol. The van der Waals surface area contributed by atoms with Gasteiger partial charge in [0.15, 0.2) is 0 Å². The van der Waals surface area contributed by atoms with Crippen LogP contribution in [-0.2, 0) is 4.84 Å². The lowest BCUT2D eigenvalue weighted by atomic mass is 10.0. The first-order valence-corrected chi connectivity index (χ1v) is 11.3. The van der Waals surface area contributed by atoms with Gasteiger partial charge in [0.2, 0.25) is 0 Å². The van der Waals surface area contributed by atoms with Crippen molar-refractivity contribution < 1.29 is 9.63 Å². The molecule has 3 aliphatic rings. The second kappa shape index (κ2) is 9.30. The van der Waals surface area contributed by atoms with Gasteiger partial charge in [-0.05, 0) is 45.6 Å². The minimum Gasteiger partial charge on any atom is -0.354 e. The summed E-state index contributed by atoms with van der Waals surface area (Å²) in [6, 6.07) is 5.08. The summed E-state index contributed by atoms with van der Waals surface area (Å²) < 4.78 is 0. The average Bonchev–Trinajstić information content (AvgIpc) is 3.26. The van der Waals surface area contributed by atoms with E-state index in [4.69, 9.17) is 4.84 Å². The molecule has 1 aliphatic carbocycles. The maximum atomic E-state index is 12.4. The van der Waals surface area contributed by atoms with Gasteiger partial charge in [-0.25, -0.2) is 9.78 Å². The Labute approximate surface area is 174 Å². The maximum absolute atomic E-state index is 12.4. The number of rotatable bonds is 4. The van der Waals surface area contributed by atoms with E-state index in [1.54, 1.807) is 6.20 Å². The second-order valence-corrected chi connectivity index (χ2v) is 8.86. The Morgan fingerprint density at radius 3 is 2.41 bits per heavy atom. The molecule has 3 fully saturated rings. The fraction of sp³-hybridized carbons (Fsp3) is 0.727. The number of amides is 1. The van der Waals surface area contributed by atoms with Crippen molar-refractivity contribution in [2.24, 2.45) is 0 Å². The molecule has 1 aromatic heterocycles. The van der Waals surface area contributed by atoms with E-state index in [9.17, 15) is 4.79 Å². The van der Waals surface area contributed by atoms with Crippen molar-refractivity contribution >= 4 is 17.6 Å². The predicted octanol–water partition coefficient (Wildman–Crippen LogP) is 3.87. The highest BCUT2D eigenvalue weighted by molar-refractivity contribution is 5.84. The van der Waals surface area contributed by atoms with Gasteiger partial charge in [0.25, 0.3) is 0 Å². The summed E-state index contributed by atoms with van der Waals surface area (Å²) in [6.45, 7) is 8.38. The van der Waals surface area contributed by atoms with Gasteiger partial charge in [-0.15, -0.1) is 5.06 Å². The zero-order valence-corrected chi connectivity index (χ0v) is 17.8. The van der Waals surface area contributed by atoms with E-state index >= 15 is 0 Å². The van der Waals surface area contributed by atoms with E-state index in [0.717, 1.165) is 56.6 Å². The molecule has 3 heterocycles. The molecule has 160 valence electrons. The maximum Gasteiger partial charge on any atom is 0.430 e. The van der Waals surface area contributed by atoms with E-state index in [0.29, 0.717) is 0 Å². The van der Waals surface area contributed by atoms with Gasteiger partial charge >= 0.3 is 6.09 Å². The van der Waals surface area contributed by atoms with Gasteiger partial charge in [-0.1, -0.05) is 19.3 Å². The minimum absolute atomic E-state index is 0.258. The molecule has 0 bridgehead atoms. The zero-order chi connectivity index (χ0) is 20.2. The molecular formula is C22H35N5O2. The van der Waals surface area contributed by atoms with Gasteiger partial charge in [0.1, 0.15) is 5.82 Å². The number of hydrogen-bond acceptors (Lipinski definition) is 6. The molecule has 7 heteroatoms. The molecule has 0 radical (unpaired) electrons. The summed E-state index contributed by atoms with van der Waals surface area (Å²) in [5.41, 5.74) is 0.732. The molecule has 1 N–H and O–H groups in total. The van der Waals surface area contributed by atoms with Gasteiger partial charge < -0.3 is 9.74 Å². The highest BCUT2D eigenvalue weighted by Crippen LogP contribution is 2.26. The monoisotopic (exact) mass is 401 g/mol. The van der Waals surface area contributed by atoms with Crippen LogP contribution in [0.5, 0.6) is 0 Å². The molecule has 1 aromatic rings. The van der Waals surface area contributed by atoms with Gasteiger partial charge in [-0.2, -0.15) is 0 Å². The number of anilines is 2. The number of hydrogen-bond donors (Lipinski definition) is 1. The first-order valence-electron chi connectivity index (χ1n) is 11.3. The largest absolute Gasteiger partial charge is 0.430 e. The predicted molar refractivity (Wildman–Crippen MR) is 115 cm³/mol. The summed E-state index contributed by atoms with van der Waals surface area (Å²) in [5.74, 6) is 0.925. The Morgan fingerprint density at radius 2 is 1.72 bits per heavy atom. The summed E-state index contributed by atoms with van der Waals surface area (Å²) >= 11 is 0. The van der Waals surface area contributed by atoms with Crippen LogP contribution in [0.1, 0.15) is 58.8 Å². The van der Waals surface area contributed by atoms with Crippen LogP contribution in [0.3, 0.4) is 0 Å². The Kier molecular flexibility index (Phi) is 6.55. The van der Waals surface area contributed by atoms with Crippen molar-refractivity contribution in [1.29, 1.82) is 0 Å². The third-order valence-electron chi connectivity index (χ3n) is 6.77. The lowest BCUT2D eigenvalue weighted by Gasteiger charge is -2.38. The van der Waals surface area contributed by atoms with E-state index in [1.807, 2.05) is 17.2 Å². The molecule has 0 spiro atoms. The number of aromatic nitrogens is 1. The molecule has 29 heavy (non-hydrogen) atoms. The van der Waals surface area contributed by atoms with E-state index < -0.39 is 6.09 Å². The van der Waals surface area contributed by atoms with Crippen molar-refractivity contribution in [1.82, 2.24) is 14.9 Å². The number of nitrogens with one attached hydrogen (secondary N) is 1. The lowest BCUT2D eigenvalue weighted by Crippen LogP contribution is -2.50. The van der Waals surface area contributed by atoms with E-state index in [-0.39, 0.29) is 12.1 Å². The van der Waals surface area contributed by atoms with Crippen LogP contribution in [-0.4, -0.2) is 65.3 Å². The minimum atomic E-state index is -0.422. The number of carbonyl (C=O) groups excluding carboxylic acids is 1. The number of nitrogens with zero attached hydrogens (tertiary/aromatic N) is 4. The number of hydroxylamine groups is 2. The second-order valence-electron chi connectivity index (χ2n) is 8.86. The highest BCUT2D eigenvalue weighted by atomic mass is 16.7.